The molecule has 3 aromatic rings. The molecule has 1 amide bonds. The van der Waals surface area contributed by atoms with Crippen molar-refractivity contribution in [2.75, 3.05) is 6.61 Å². The van der Waals surface area contributed by atoms with Crippen molar-refractivity contribution < 1.29 is 37.3 Å². The van der Waals surface area contributed by atoms with E-state index in [1.165, 1.54) is 18.2 Å². The molecule has 0 saturated heterocycles. The van der Waals surface area contributed by atoms with Crippen molar-refractivity contribution in [3.05, 3.63) is 89.5 Å². The van der Waals surface area contributed by atoms with Crippen molar-refractivity contribution >= 4 is 12.1 Å². The molecule has 0 fully saturated rings. The van der Waals surface area contributed by atoms with Crippen molar-refractivity contribution in [1.29, 1.82) is 0 Å². The second kappa shape index (κ2) is 9.93. The van der Waals surface area contributed by atoms with E-state index in [0.29, 0.717) is 0 Å². The number of halogens is 3. The number of carbonyl (C=O) groups is 2. The number of rotatable bonds is 7. The summed E-state index contributed by atoms with van der Waals surface area (Å²) in [6.07, 6.45) is -5.99. The first-order valence-corrected chi connectivity index (χ1v) is 11.3. The topological polar surface area (TPSA) is 76.1 Å². The summed E-state index contributed by atoms with van der Waals surface area (Å²) >= 11 is 0. The monoisotopic (exact) mass is 499 g/mol. The summed E-state index contributed by atoms with van der Waals surface area (Å²) in [5, 5.41) is 9.97. The van der Waals surface area contributed by atoms with Crippen LogP contribution < -0.4 is 4.74 Å². The Morgan fingerprint density at radius 2 is 1.44 bits per heavy atom. The van der Waals surface area contributed by atoms with Gasteiger partial charge in [0.25, 0.3) is 0 Å². The van der Waals surface area contributed by atoms with Gasteiger partial charge in [-0.3, -0.25) is 4.90 Å². The highest BCUT2D eigenvalue weighted by Crippen LogP contribution is 2.44. The lowest BCUT2D eigenvalue weighted by Gasteiger charge is -2.33. The lowest BCUT2D eigenvalue weighted by atomic mass is 9.98. The van der Waals surface area contributed by atoms with Crippen LogP contribution >= 0.6 is 0 Å². The molecule has 0 heterocycles. The van der Waals surface area contributed by atoms with Crippen molar-refractivity contribution in [2.24, 2.45) is 0 Å². The van der Waals surface area contributed by atoms with E-state index in [-0.39, 0.29) is 18.1 Å². The van der Waals surface area contributed by atoms with Crippen molar-refractivity contribution in [2.45, 2.75) is 38.2 Å². The largest absolute Gasteiger partial charge is 0.573 e. The minimum Gasteiger partial charge on any atom is -0.479 e. The molecule has 1 unspecified atom stereocenters. The molecule has 0 bridgehead atoms. The highest BCUT2D eigenvalue weighted by atomic mass is 19.4. The normalized spacial score (nSPS) is 13.6. The van der Waals surface area contributed by atoms with Gasteiger partial charge in [-0.15, -0.1) is 13.2 Å². The number of hydrogen-bond acceptors (Lipinski definition) is 4. The van der Waals surface area contributed by atoms with Crippen molar-refractivity contribution in [3.8, 4) is 16.9 Å². The van der Waals surface area contributed by atoms with Gasteiger partial charge >= 0.3 is 18.4 Å². The number of ether oxygens (including phenoxy) is 2. The Bertz CT molecular complexity index is 1230. The number of fused-ring (bicyclic) bond motifs is 3. The van der Waals surface area contributed by atoms with E-state index in [9.17, 15) is 27.9 Å². The molecule has 1 aliphatic carbocycles. The molecule has 0 saturated carbocycles. The van der Waals surface area contributed by atoms with Crippen molar-refractivity contribution in [1.82, 2.24) is 4.90 Å². The van der Waals surface area contributed by atoms with Crippen LogP contribution in [0.3, 0.4) is 0 Å². The molecular formula is C27H24F3NO5. The maximum atomic E-state index is 13.3. The van der Waals surface area contributed by atoms with Crippen LogP contribution in [0.2, 0.25) is 0 Å². The van der Waals surface area contributed by atoms with Gasteiger partial charge in [0.1, 0.15) is 12.4 Å². The van der Waals surface area contributed by atoms with Crippen LogP contribution in [-0.4, -0.2) is 41.1 Å². The van der Waals surface area contributed by atoms with Gasteiger partial charge < -0.3 is 14.6 Å². The van der Waals surface area contributed by atoms with E-state index < -0.39 is 36.3 Å². The highest BCUT2D eigenvalue weighted by Gasteiger charge is 2.40. The molecule has 0 aromatic heterocycles. The maximum absolute atomic E-state index is 13.3. The summed E-state index contributed by atoms with van der Waals surface area (Å²) in [5.74, 6) is -2.48. The molecule has 36 heavy (non-hydrogen) atoms. The number of nitrogens with zero attached hydrogens (tertiary/aromatic N) is 1. The molecule has 1 aliphatic rings. The quantitative estimate of drug-likeness (QED) is 0.409. The van der Waals surface area contributed by atoms with Crippen LogP contribution in [0.4, 0.5) is 18.0 Å². The number of hydrogen-bond donors (Lipinski definition) is 1. The summed E-state index contributed by atoms with van der Waals surface area (Å²) in [5.41, 5.74) is 3.68. The molecule has 0 radical (unpaired) electrons. The Morgan fingerprint density at radius 1 is 0.917 bits per heavy atom. The maximum Gasteiger partial charge on any atom is 0.573 e. The number of aliphatic carboxylic acids is 1. The van der Waals surface area contributed by atoms with Gasteiger partial charge in [0.05, 0.1) is 0 Å². The molecule has 3 aromatic carbocycles. The number of alkyl halides is 3. The molecular weight excluding hydrogens is 475 g/mol. The zero-order valence-electron chi connectivity index (χ0n) is 19.5. The Labute approximate surface area is 205 Å². The third-order valence-electron chi connectivity index (χ3n) is 6.05. The van der Waals surface area contributed by atoms with E-state index in [0.717, 1.165) is 33.2 Å². The van der Waals surface area contributed by atoms with Gasteiger partial charge in [-0.2, -0.15) is 0 Å². The predicted molar refractivity (Wildman–Crippen MR) is 126 cm³/mol. The number of para-hydroxylation sites is 1. The summed E-state index contributed by atoms with van der Waals surface area (Å²) in [6, 6.07) is 17.9. The van der Waals surface area contributed by atoms with Gasteiger partial charge in [0, 0.05) is 17.5 Å². The molecule has 1 atom stereocenters. The van der Waals surface area contributed by atoms with Crippen LogP contribution in [0.15, 0.2) is 72.8 Å². The van der Waals surface area contributed by atoms with E-state index in [1.54, 1.807) is 13.8 Å². The Balaban J connectivity index is 1.63. The van der Waals surface area contributed by atoms with Gasteiger partial charge in [-0.05, 0) is 42.2 Å². The van der Waals surface area contributed by atoms with Gasteiger partial charge in [-0.1, -0.05) is 66.7 Å². The Kier molecular flexibility index (Phi) is 6.92. The zero-order valence-corrected chi connectivity index (χ0v) is 19.5. The van der Waals surface area contributed by atoms with Crippen LogP contribution in [0.1, 0.15) is 42.5 Å². The zero-order chi connectivity index (χ0) is 26.0. The number of benzene rings is 3. The fourth-order valence-corrected chi connectivity index (χ4v) is 4.61. The Hall–Kier alpha value is -4.01. The highest BCUT2D eigenvalue weighted by molar-refractivity contribution is 5.83. The molecule has 1 N–H and O–H groups in total. The SMILES string of the molecule is CC(C)N(C(=O)OCC1c2ccccc2-c2ccccc21)C(C(=O)O)c1ccccc1OC(F)(F)F. The van der Waals surface area contributed by atoms with Crippen LogP contribution in [0.5, 0.6) is 5.75 Å². The van der Waals surface area contributed by atoms with Crippen LogP contribution in [-0.2, 0) is 9.53 Å². The fourth-order valence-electron chi connectivity index (χ4n) is 4.61. The standard InChI is InChI=1S/C27H24F3NO5/c1-16(2)31(24(25(32)33)21-13-7-8-14-23(21)36-27(28,29)30)26(34)35-15-22-19-11-5-3-9-17(19)18-10-4-6-12-20(18)22/h3-14,16,22,24H,15H2,1-2H3,(H,32,33). The predicted octanol–water partition coefficient (Wildman–Crippen LogP) is 6.37. The second-order valence-electron chi connectivity index (χ2n) is 8.63. The number of carboxylic acids is 1. The first-order valence-electron chi connectivity index (χ1n) is 11.3. The van der Waals surface area contributed by atoms with E-state index in [4.69, 9.17) is 4.74 Å². The van der Waals surface area contributed by atoms with Gasteiger partial charge in [-0.25, -0.2) is 9.59 Å². The average Bonchev–Trinajstić information content (AvgIpc) is 3.14. The third-order valence-corrected chi connectivity index (χ3v) is 6.05. The van der Waals surface area contributed by atoms with E-state index in [2.05, 4.69) is 4.74 Å². The van der Waals surface area contributed by atoms with Gasteiger partial charge in [0.2, 0.25) is 0 Å². The van der Waals surface area contributed by atoms with Crippen LogP contribution in [0.25, 0.3) is 11.1 Å². The molecule has 4 rings (SSSR count). The minimum absolute atomic E-state index is 0.0664. The average molecular weight is 499 g/mol. The van der Waals surface area contributed by atoms with E-state index >= 15 is 0 Å². The molecule has 0 aliphatic heterocycles. The number of carbonyl (C=O) groups excluding carboxylic acids is 1. The summed E-state index contributed by atoms with van der Waals surface area (Å²) in [4.78, 5) is 26.4. The summed E-state index contributed by atoms with van der Waals surface area (Å²) < 4.78 is 48.6. The van der Waals surface area contributed by atoms with E-state index in [1.807, 2.05) is 48.5 Å². The second-order valence-corrected chi connectivity index (χ2v) is 8.63. The van der Waals surface area contributed by atoms with Gasteiger partial charge in [0.15, 0.2) is 6.04 Å². The molecule has 188 valence electrons. The Morgan fingerprint density at radius 3 is 1.97 bits per heavy atom. The van der Waals surface area contributed by atoms with Crippen LogP contribution in [0, 0.1) is 0 Å². The van der Waals surface area contributed by atoms with Crippen molar-refractivity contribution in [3.63, 3.8) is 0 Å². The summed E-state index contributed by atoms with van der Waals surface area (Å²) in [7, 11) is 0. The first kappa shape index (κ1) is 25.1. The molecule has 9 heteroatoms. The number of carboxylic acid groups (broad SMARTS) is 1. The fraction of sp³-hybridized carbons (Fsp3) is 0.259. The number of amides is 1. The first-order chi connectivity index (χ1) is 17.1. The summed E-state index contributed by atoms with van der Waals surface area (Å²) in [6.45, 7) is 3.05. The minimum atomic E-state index is -5.04. The molecule has 0 spiro atoms. The molecule has 6 nitrogen and oxygen atoms in total. The smallest absolute Gasteiger partial charge is 0.479 e. The lowest BCUT2D eigenvalue weighted by Crippen LogP contribution is -2.44. The third kappa shape index (κ3) is 5.00. The lowest BCUT2D eigenvalue weighted by molar-refractivity contribution is -0.275.